The predicted octanol–water partition coefficient (Wildman–Crippen LogP) is 4.90. The number of hydrogen-bond donors (Lipinski definition) is 5. The summed E-state index contributed by atoms with van der Waals surface area (Å²) in [7, 11) is 0. The molecule has 4 aliphatic carbocycles. The second-order valence-corrected chi connectivity index (χ2v) is 14.6. The number of rotatable bonds is 12. The van der Waals surface area contributed by atoms with E-state index >= 15 is 0 Å². The molecule has 11 nitrogen and oxygen atoms in total. The van der Waals surface area contributed by atoms with Gasteiger partial charge in [0, 0.05) is 30.1 Å². The first-order valence-corrected chi connectivity index (χ1v) is 17.5. The fourth-order valence-corrected chi connectivity index (χ4v) is 8.84. The number of alkyl carbamates (subject to hydrolysis) is 1. The molecule has 0 spiro atoms. The summed E-state index contributed by atoms with van der Waals surface area (Å²) in [6.07, 6.45) is 8.86. The molecule has 0 aliphatic heterocycles. The van der Waals surface area contributed by atoms with Crippen LogP contribution < -0.4 is 16.0 Å². The maximum absolute atomic E-state index is 14.2. The highest BCUT2D eigenvalue weighted by Gasteiger charge is 2.50. The number of nitrogens with one attached hydrogen (secondary N) is 5. The summed E-state index contributed by atoms with van der Waals surface area (Å²) < 4.78 is 6.18. The van der Waals surface area contributed by atoms with Crippen LogP contribution in [0.2, 0.25) is 0 Å². The van der Waals surface area contributed by atoms with Crippen molar-refractivity contribution in [2.45, 2.75) is 68.2 Å². The average molecular weight is 656 g/mol. The molecule has 4 aromatic rings. The minimum atomic E-state index is -1.33. The zero-order valence-corrected chi connectivity index (χ0v) is 27.2. The second-order valence-electron chi connectivity index (χ2n) is 13.6. The van der Waals surface area contributed by atoms with Gasteiger partial charge in [-0.15, -0.1) is 5.10 Å². The Morgan fingerprint density at radius 1 is 1.00 bits per heavy atom. The van der Waals surface area contributed by atoms with Crippen molar-refractivity contribution in [3.05, 3.63) is 78.1 Å². The Morgan fingerprint density at radius 3 is 2.45 bits per heavy atom. The van der Waals surface area contributed by atoms with Crippen LogP contribution in [0.25, 0.3) is 10.9 Å². The maximum atomic E-state index is 14.2. The van der Waals surface area contributed by atoms with Gasteiger partial charge < -0.3 is 25.7 Å². The van der Waals surface area contributed by atoms with E-state index in [0.717, 1.165) is 59.5 Å². The maximum Gasteiger partial charge on any atom is 0.408 e. The van der Waals surface area contributed by atoms with Crippen molar-refractivity contribution in [1.82, 2.24) is 36.3 Å². The molecule has 2 heterocycles. The average Bonchev–Trinajstić information content (AvgIpc) is 3.74. The van der Waals surface area contributed by atoms with Crippen LogP contribution in [-0.2, 0) is 20.7 Å². The van der Waals surface area contributed by atoms with Gasteiger partial charge in [-0.1, -0.05) is 60.3 Å². The van der Waals surface area contributed by atoms with Gasteiger partial charge in [-0.25, -0.2) is 4.79 Å². The van der Waals surface area contributed by atoms with Crippen LogP contribution in [0.15, 0.2) is 72.0 Å². The first kappa shape index (κ1) is 31.3. The van der Waals surface area contributed by atoms with Crippen molar-refractivity contribution in [2.24, 2.45) is 23.7 Å². The zero-order chi connectivity index (χ0) is 32.4. The number of thioether (sulfide) groups is 1. The van der Waals surface area contributed by atoms with Crippen molar-refractivity contribution < 1.29 is 19.1 Å². The first-order chi connectivity index (χ1) is 22.8. The lowest BCUT2D eigenvalue weighted by atomic mass is 9.55. The summed E-state index contributed by atoms with van der Waals surface area (Å²) in [5.74, 6) is 1.90. The molecule has 2 aromatic heterocycles. The molecule has 2 aromatic carbocycles. The molecule has 4 saturated carbocycles. The van der Waals surface area contributed by atoms with E-state index in [4.69, 9.17) is 4.74 Å². The Kier molecular flexibility index (Phi) is 8.94. The Balaban J connectivity index is 1.07. The summed E-state index contributed by atoms with van der Waals surface area (Å²) >= 11 is 1.26. The third kappa shape index (κ3) is 7.02. The predicted molar refractivity (Wildman–Crippen MR) is 178 cm³/mol. The van der Waals surface area contributed by atoms with Crippen molar-refractivity contribution >= 4 is 40.6 Å². The number of aromatic nitrogens is 4. The van der Waals surface area contributed by atoms with E-state index in [1.54, 1.807) is 13.1 Å². The first-order valence-electron chi connectivity index (χ1n) is 16.5. The standard InChI is InChI=1S/C35H41N7O4S/c1-35(16-26-17-36-28-10-6-5-9-27(26)28,40-34(45)46-32-24-12-21-11-22(14-24)15-25(32)13-21)33(44)37-18-29(23-7-3-2-4-8-23)39-30(43)20-47-31-19-38-42-41-31/h2-10,17,19,21-22,24-25,29,32,36H,11-16,18,20H2,1H3,(H,37,44)(H,39,43)(H,40,45)(H,38,41,42)/t21?,22?,24?,25?,29-,32?,35+/m1/s1. The van der Waals surface area contributed by atoms with Crippen molar-refractivity contribution in [2.75, 3.05) is 12.3 Å². The summed E-state index contributed by atoms with van der Waals surface area (Å²) in [5, 5.41) is 21.0. The van der Waals surface area contributed by atoms with Gasteiger partial charge in [0.25, 0.3) is 0 Å². The van der Waals surface area contributed by atoms with Crippen LogP contribution >= 0.6 is 11.8 Å². The molecule has 2 atom stereocenters. The molecule has 8 rings (SSSR count). The van der Waals surface area contributed by atoms with E-state index in [1.807, 2.05) is 60.8 Å². The number of ether oxygens (including phenoxy) is 1. The second kappa shape index (κ2) is 13.4. The summed E-state index contributed by atoms with van der Waals surface area (Å²) in [5.41, 5.74) is 1.38. The van der Waals surface area contributed by atoms with Gasteiger partial charge in [0.15, 0.2) is 0 Å². The van der Waals surface area contributed by atoms with Crippen LogP contribution in [-0.4, -0.2) is 62.2 Å². The topological polar surface area (TPSA) is 154 Å². The smallest absolute Gasteiger partial charge is 0.408 e. The SMILES string of the molecule is C[C@@](Cc1c[nH]c2ccccc12)(NC(=O)OC1C2CC3CC(C2)CC1C3)C(=O)NC[C@@H](NC(=O)CSc1cn[nH]n1)c1ccccc1. The molecule has 4 aliphatic rings. The number of H-pyrrole nitrogens is 2. The van der Waals surface area contributed by atoms with Gasteiger partial charge in [-0.3, -0.25) is 9.59 Å². The van der Waals surface area contributed by atoms with E-state index in [0.29, 0.717) is 16.9 Å². The van der Waals surface area contributed by atoms with Gasteiger partial charge in [0.2, 0.25) is 11.8 Å². The van der Waals surface area contributed by atoms with E-state index in [2.05, 4.69) is 36.3 Å². The largest absolute Gasteiger partial charge is 0.446 e. The van der Waals surface area contributed by atoms with Crippen LogP contribution in [0.4, 0.5) is 4.79 Å². The van der Waals surface area contributed by atoms with E-state index in [-0.39, 0.29) is 36.6 Å². The molecule has 4 fully saturated rings. The third-order valence-electron chi connectivity index (χ3n) is 10.2. The molecule has 0 saturated heterocycles. The number of benzene rings is 2. The number of nitrogens with zero attached hydrogens (tertiary/aromatic N) is 2. The summed E-state index contributed by atoms with van der Waals surface area (Å²) in [6, 6.07) is 16.9. The number of amides is 3. The Morgan fingerprint density at radius 2 is 1.72 bits per heavy atom. The van der Waals surface area contributed by atoms with E-state index in [1.165, 1.54) is 18.2 Å². The minimum absolute atomic E-state index is 0.101. The number of aromatic amines is 2. The fraction of sp³-hybridized carbons (Fsp3) is 0.457. The van der Waals surface area contributed by atoms with E-state index in [9.17, 15) is 14.4 Å². The molecule has 246 valence electrons. The highest BCUT2D eigenvalue weighted by molar-refractivity contribution is 7.99. The quantitative estimate of drug-likeness (QED) is 0.136. The zero-order valence-electron chi connectivity index (χ0n) is 26.4. The lowest BCUT2D eigenvalue weighted by molar-refractivity contribution is -0.128. The van der Waals surface area contributed by atoms with Gasteiger partial charge in [-0.05, 0) is 79.9 Å². The van der Waals surface area contributed by atoms with Crippen LogP contribution in [0.3, 0.4) is 0 Å². The Bertz CT molecular complexity index is 1680. The number of carbonyl (C=O) groups is 3. The van der Waals surface area contributed by atoms with Crippen molar-refractivity contribution in [1.29, 1.82) is 0 Å². The molecule has 0 unspecified atom stereocenters. The monoisotopic (exact) mass is 655 g/mol. The molecular weight excluding hydrogens is 614 g/mol. The summed E-state index contributed by atoms with van der Waals surface area (Å²) in [6.45, 7) is 1.87. The lowest BCUT2D eigenvalue weighted by Gasteiger charge is -2.53. The summed E-state index contributed by atoms with van der Waals surface area (Å²) in [4.78, 5) is 44.0. The number of hydrogen-bond acceptors (Lipinski definition) is 7. The van der Waals surface area contributed by atoms with Crippen molar-refractivity contribution in [3.8, 4) is 0 Å². The fourth-order valence-electron chi connectivity index (χ4n) is 8.25. The Hall–Kier alpha value is -4.32. The molecule has 47 heavy (non-hydrogen) atoms. The lowest BCUT2D eigenvalue weighted by Crippen LogP contribution is -2.60. The third-order valence-corrected chi connectivity index (χ3v) is 11.1. The van der Waals surface area contributed by atoms with Crippen LogP contribution in [0.5, 0.6) is 0 Å². The van der Waals surface area contributed by atoms with Crippen LogP contribution in [0, 0.1) is 23.7 Å². The molecule has 3 amide bonds. The van der Waals surface area contributed by atoms with Gasteiger partial charge in [0.05, 0.1) is 18.0 Å². The molecule has 4 bridgehead atoms. The van der Waals surface area contributed by atoms with Gasteiger partial charge >= 0.3 is 6.09 Å². The van der Waals surface area contributed by atoms with E-state index < -0.39 is 17.7 Å². The molecule has 0 radical (unpaired) electrons. The molecule has 12 heteroatoms. The Labute approximate surface area is 277 Å². The highest BCUT2D eigenvalue weighted by Crippen LogP contribution is 2.54. The van der Waals surface area contributed by atoms with Crippen LogP contribution in [0.1, 0.15) is 56.2 Å². The number of para-hydroxylation sites is 1. The normalized spacial score (nSPS) is 24.7. The van der Waals surface area contributed by atoms with Gasteiger partial charge in [0.1, 0.15) is 16.7 Å². The van der Waals surface area contributed by atoms with Crippen molar-refractivity contribution in [3.63, 3.8) is 0 Å². The number of carbonyl (C=O) groups excluding carboxylic acids is 3. The number of fused-ring (bicyclic) bond motifs is 1. The minimum Gasteiger partial charge on any atom is -0.446 e. The molecule has 5 N–H and O–H groups in total. The van der Waals surface area contributed by atoms with Gasteiger partial charge in [-0.2, -0.15) is 10.3 Å². The molecular formula is C35H41N7O4S. The highest BCUT2D eigenvalue weighted by atomic mass is 32.2.